The number of likely N-dealkylation sites (N-methyl/N-ethyl adjacent to an activating group) is 1. The van der Waals surface area contributed by atoms with Crippen molar-refractivity contribution >= 4 is 39.1 Å². The highest BCUT2D eigenvalue weighted by atomic mass is 35.5. The van der Waals surface area contributed by atoms with Gasteiger partial charge in [0.1, 0.15) is 12.6 Å². The lowest BCUT2D eigenvalue weighted by atomic mass is 10.1. The fourth-order valence-corrected chi connectivity index (χ4v) is 5.29. The first-order valence-electron chi connectivity index (χ1n) is 11.5. The van der Waals surface area contributed by atoms with Crippen LogP contribution < -0.4 is 9.62 Å². The third-order valence-corrected chi connectivity index (χ3v) is 7.94. The Morgan fingerprint density at radius 3 is 2.14 bits per heavy atom. The van der Waals surface area contributed by atoms with Crippen LogP contribution in [0.25, 0.3) is 0 Å². The predicted molar refractivity (Wildman–Crippen MR) is 143 cm³/mol. The van der Waals surface area contributed by atoms with Crippen LogP contribution >= 0.6 is 11.6 Å². The molecule has 1 N–H and O–H groups in total. The molecule has 0 spiro atoms. The second kappa shape index (κ2) is 12.1. The molecular weight excluding hydrogens is 498 g/mol. The van der Waals surface area contributed by atoms with E-state index in [9.17, 15) is 18.0 Å². The fourth-order valence-electron chi connectivity index (χ4n) is 3.75. The molecule has 0 aliphatic rings. The van der Waals surface area contributed by atoms with E-state index < -0.39 is 28.5 Å². The minimum Gasteiger partial charge on any atom is -0.357 e. The first kappa shape index (κ1) is 27.2. The molecule has 0 heterocycles. The van der Waals surface area contributed by atoms with E-state index >= 15 is 0 Å². The second-order valence-corrected chi connectivity index (χ2v) is 10.7. The van der Waals surface area contributed by atoms with Gasteiger partial charge in [-0.15, -0.1) is 0 Å². The average Bonchev–Trinajstić information content (AvgIpc) is 2.88. The van der Waals surface area contributed by atoms with Gasteiger partial charge in [-0.25, -0.2) is 8.42 Å². The molecule has 36 heavy (non-hydrogen) atoms. The predicted octanol–water partition coefficient (Wildman–Crippen LogP) is 4.05. The van der Waals surface area contributed by atoms with E-state index in [-0.39, 0.29) is 17.3 Å². The fraction of sp³-hybridized carbons (Fsp3) is 0.259. The summed E-state index contributed by atoms with van der Waals surface area (Å²) < 4.78 is 28.4. The summed E-state index contributed by atoms with van der Waals surface area (Å²) in [4.78, 5) is 27.6. The first-order valence-corrected chi connectivity index (χ1v) is 13.3. The van der Waals surface area contributed by atoms with E-state index in [0.29, 0.717) is 17.1 Å². The maximum Gasteiger partial charge on any atom is 0.264 e. The van der Waals surface area contributed by atoms with E-state index in [1.165, 1.54) is 24.1 Å². The molecule has 9 heteroatoms. The molecule has 2 amide bonds. The Labute approximate surface area is 217 Å². The van der Waals surface area contributed by atoms with Crippen molar-refractivity contribution in [2.45, 2.75) is 31.2 Å². The molecule has 190 valence electrons. The van der Waals surface area contributed by atoms with Crippen molar-refractivity contribution in [3.63, 3.8) is 0 Å². The van der Waals surface area contributed by atoms with E-state index in [1.54, 1.807) is 43.3 Å². The second-order valence-electron chi connectivity index (χ2n) is 8.41. The third-order valence-electron chi connectivity index (χ3n) is 5.90. The normalized spacial score (nSPS) is 12.0. The van der Waals surface area contributed by atoms with E-state index in [4.69, 9.17) is 11.6 Å². The summed E-state index contributed by atoms with van der Waals surface area (Å²) in [5, 5.41) is 3.01. The van der Waals surface area contributed by atoms with Gasteiger partial charge in [-0.3, -0.25) is 13.9 Å². The van der Waals surface area contributed by atoms with Crippen LogP contribution in [-0.2, 0) is 26.0 Å². The number of amides is 2. The Hall–Kier alpha value is -3.36. The first-order chi connectivity index (χ1) is 17.1. The van der Waals surface area contributed by atoms with Crippen LogP contribution in [0.2, 0.25) is 5.02 Å². The van der Waals surface area contributed by atoms with Gasteiger partial charge in [0.15, 0.2) is 0 Å². The van der Waals surface area contributed by atoms with Crippen molar-refractivity contribution in [2.75, 3.05) is 24.4 Å². The van der Waals surface area contributed by atoms with Gasteiger partial charge in [0, 0.05) is 18.6 Å². The Balaban J connectivity index is 1.96. The number of anilines is 1. The SMILES string of the molecule is CNC(=O)[C@H](C)N(CCc1ccccc1)C(=O)CN(c1ccc(Cl)cc1)S(=O)(=O)c1ccc(C)cc1. The number of hydrogen-bond acceptors (Lipinski definition) is 4. The Morgan fingerprint density at radius 1 is 0.944 bits per heavy atom. The van der Waals surface area contributed by atoms with Gasteiger partial charge >= 0.3 is 0 Å². The van der Waals surface area contributed by atoms with E-state index in [1.807, 2.05) is 37.3 Å². The lowest BCUT2D eigenvalue weighted by Gasteiger charge is -2.31. The molecule has 0 aliphatic carbocycles. The van der Waals surface area contributed by atoms with Crippen LogP contribution in [-0.4, -0.2) is 51.3 Å². The van der Waals surface area contributed by atoms with E-state index in [0.717, 1.165) is 15.4 Å². The Bertz CT molecular complexity index is 1280. The number of nitrogens with one attached hydrogen (secondary N) is 1. The average molecular weight is 528 g/mol. The van der Waals surface area contributed by atoms with Crippen molar-refractivity contribution in [1.82, 2.24) is 10.2 Å². The topological polar surface area (TPSA) is 86.8 Å². The van der Waals surface area contributed by atoms with Gasteiger partial charge in [0.25, 0.3) is 10.0 Å². The summed E-state index contributed by atoms with van der Waals surface area (Å²) in [6, 6.07) is 21.5. The number of aryl methyl sites for hydroxylation is 1. The van der Waals surface area contributed by atoms with Crippen LogP contribution in [0.1, 0.15) is 18.1 Å². The van der Waals surface area contributed by atoms with Crippen LogP contribution in [0.15, 0.2) is 83.8 Å². The molecule has 0 saturated carbocycles. The highest BCUT2D eigenvalue weighted by Gasteiger charge is 2.32. The summed E-state index contributed by atoms with van der Waals surface area (Å²) >= 11 is 6.03. The number of sulfonamides is 1. The molecule has 3 aromatic rings. The number of rotatable bonds is 10. The highest BCUT2D eigenvalue weighted by molar-refractivity contribution is 7.92. The monoisotopic (exact) mass is 527 g/mol. The number of halogens is 1. The van der Waals surface area contributed by atoms with Gasteiger partial charge < -0.3 is 10.2 Å². The molecule has 1 atom stereocenters. The zero-order valence-electron chi connectivity index (χ0n) is 20.5. The maximum atomic E-state index is 13.7. The van der Waals surface area contributed by atoms with Gasteiger partial charge in [-0.2, -0.15) is 0 Å². The van der Waals surface area contributed by atoms with Crippen molar-refractivity contribution < 1.29 is 18.0 Å². The highest BCUT2D eigenvalue weighted by Crippen LogP contribution is 2.26. The molecule has 7 nitrogen and oxygen atoms in total. The molecule has 3 rings (SSSR count). The molecule has 0 radical (unpaired) electrons. The number of hydrogen-bond donors (Lipinski definition) is 1. The van der Waals surface area contributed by atoms with Crippen LogP contribution in [0.5, 0.6) is 0 Å². The zero-order chi connectivity index (χ0) is 26.3. The number of carbonyl (C=O) groups is 2. The van der Waals surface area contributed by atoms with Crippen LogP contribution in [0.3, 0.4) is 0 Å². The maximum absolute atomic E-state index is 13.7. The smallest absolute Gasteiger partial charge is 0.264 e. The molecule has 0 aromatic heterocycles. The summed E-state index contributed by atoms with van der Waals surface area (Å²) in [5.74, 6) is -0.830. The van der Waals surface area contributed by atoms with E-state index in [2.05, 4.69) is 5.32 Å². The van der Waals surface area contributed by atoms with Crippen molar-refractivity contribution in [3.8, 4) is 0 Å². The van der Waals surface area contributed by atoms with Crippen LogP contribution in [0.4, 0.5) is 5.69 Å². The molecule has 0 unspecified atom stereocenters. The molecule has 0 aliphatic heterocycles. The molecule has 0 bridgehead atoms. The van der Waals surface area contributed by atoms with Gasteiger partial charge in [0.05, 0.1) is 10.6 Å². The Kier molecular flexibility index (Phi) is 9.12. The number of nitrogens with zero attached hydrogens (tertiary/aromatic N) is 2. The molecule has 0 saturated heterocycles. The zero-order valence-corrected chi connectivity index (χ0v) is 22.1. The van der Waals surface area contributed by atoms with Gasteiger partial charge in [-0.05, 0) is 62.2 Å². The Morgan fingerprint density at radius 2 is 1.56 bits per heavy atom. The largest absolute Gasteiger partial charge is 0.357 e. The molecule has 3 aromatic carbocycles. The van der Waals surface area contributed by atoms with Crippen molar-refractivity contribution in [3.05, 3.63) is 95.0 Å². The lowest BCUT2D eigenvalue weighted by Crippen LogP contribution is -2.51. The number of benzene rings is 3. The van der Waals surface area contributed by atoms with Gasteiger partial charge in [0.2, 0.25) is 11.8 Å². The minimum atomic E-state index is -4.09. The standard InChI is InChI=1S/C27H30ClN3O4S/c1-20-9-15-25(16-10-20)36(34,35)31(24-13-11-23(28)12-14-24)19-26(32)30(21(2)27(33)29-3)18-17-22-7-5-4-6-8-22/h4-16,21H,17-19H2,1-3H3,(H,29,33)/t21-/m0/s1. The minimum absolute atomic E-state index is 0.0611. The summed E-state index contributed by atoms with van der Waals surface area (Å²) in [5.41, 5.74) is 2.21. The number of carbonyl (C=O) groups excluding carboxylic acids is 2. The van der Waals surface area contributed by atoms with Crippen LogP contribution in [0, 0.1) is 6.92 Å². The van der Waals surface area contributed by atoms with Crippen molar-refractivity contribution in [2.24, 2.45) is 0 Å². The summed E-state index contributed by atoms with van der Waals surface area (Å²) in [6.45, 7) is 3.26. The lowest BCUT2D eigenvalue weighted by molar-refractivity contribution is -0.138. The summed E-state index contributed by atoms with van der Waals surface area (Å²) in [6.07, 6.45) is 0.513. The summed E-state index contributed by atoms with van der Waals surface area (Å²) in [7, 11) is -2.59. The van der Waals surface area contributed by atoms with Gasteiger partial charge in [-0.1, -0.05) is 59.6 Å². The molecule has 0 fully saturated rings. The quantitative estimate of drug-likeness (QED) is 0.431. The molecular formula is C27H30ClN3O4S. The van der Waals surface area contributed by atoms with Crippen molar-refractivity contribution in [1.29, 1.82) is 0 Å². The third kappa shape index (κ3) is 6.65.